The number of nitrogens with one attached hydrogen (secondary N) is 1. The van der Waals surface area contributed by atoms with Crippen molar-refractivity contribution in [3.63, 3.8) is 0 Å². The summed E-state index contributed by atoms with van der Waals surface area (Å²) in [5.74, 6) is -0.153. The second-order valence-corrected chi connectivity index (χ2v) is 6.11. The highest BCUT2D eigenvalue weighted by atomic mass is 35.5. The summed E-state index contributed by atoms with van der Waals surface area (Å²) < 4.78 is 4.86. The number of nitrogens with two attached hydrogens (primary N) is 1. The number of carbonyl (C=O) groups excluding carboxylic acids is 2. The molecular weight excluding hydrogens is 379 g/mol. The molecule has 0 saturated carbocycles. The van der Waals surface area contributed by atoms with Gasteiger partial charge in [-0.25, -0.2) is 0 Å². The number of likely N-dealkylation sites (N-methyl/N-ethyl adjacent to an activating group) is 1. The van der Waals surface area contributed by atoms with Gasteiger partial charge in [0.25, 0.3) is 0 Å². The number of hydrogen-bond donors (Lipinski definition) is 2. The van der Waals surface area contributed by atoms with Crippen LogP contribution < -0.4 is 11.1 Å². The zero-order valence-electron chi connectivity index (χ0n) is 15.1. The minimum atomic E-state index is -0.700. The normalized spacial score (nSPS) is 15.4. The lowest BCUT2D eigenvalue weighted by molar-refractivity contribution is -0.132. The summed E-state index contributed by atoms with van der Waals surface area (Å²) in [4.78, 5) is 28.2. The largest absolute Gasteiger partial charge is 0.383 e. The first-order chi connectivity index (χ1) is 11.5. The quantitative estimate of drug-likeness (QED) is 0.727. The van der Waals surface area contributed by atoms with Crippen molar-refractivity contribution in [1.29, 1.82) is 0 Å². The van der Waals surface area contributed by atoms with Crippen molar-refractivity contribution in [3.8, 4) is 0 Å². The second kappa shape index (κ2) is 12.1. The van der Waals surface area contributed by atoms with E-state index in [2.05, 4.69) is 17.3 Å². The van der Waals surface area contributed by atoms with Crippen LogP contribution in [0.25, 0.3) is 0 Å². The van der Waals surface area contributed by atoms with Crippen molar-refractivity contribution in [2.45, 2.75) is 12.5 Å². The van der Waals surface area contributed by atoms with Crippen LogP contribution in [0.3, 0.4) is 0 Å². The molecule has 2 amide bonds. The van der Waals surface area contributed by atoms with E-state index < -0.39 is 6.04 Å². The molecule has 26 heavy (non-hydrogen) atoms. The molecule has 148 valence electrons. The molecule has 3 N–H and O–H groups in total. The summed E-state index contributed by atoms with van der Waals surface area (Å²) in [6.07, 6.45) is 0.376. The molecule has 1 fully saturated rings. The molecule has 0 radical (unpaired) electrons. The molecule has 0 spiro atoms. The predicted octanol–water partition coefficient (Wildman–Crippen LogP) is 0.759. The number of nitrogens with zero attached hydrogens (tertiary/aromatic N) is 2. The maximum atomic E-state index is 12.3. The van der Waals surface area contributed by atoms with Gasteiger partial charge in [0.2, 0.25) is 11.8 Å². The molecule has 0 aromatic heterocycles. The number of hydrogen-bond acceptors (Lipinski definition) is 5. The van der Waals surface area contributed by atoms with Crippen molar-refractivity contribution in [1.82, 2.24) is 9.80 Å². The van der Waals surface area contributed by atoms with Crippen LogP contribution in [0, 0.1) is 0 Å². The number of amides is 2. The second-order valence-electron chi connectivity index (χ2n) is 6.11. The number of rotatable bonds is 6. The van der Waals surface area contributed by atoms with Crippen molar-refractivity contribution < 1.29 is 14.3 Å². The van der Waals surface area contributed by atoms with Crippen LogP contribution in [-0.4, -0.2) is 74.6 Å². The van der Waals surface area contributed by atoms with E-state index in [1.165, 1.54) is 7.11 Å². The van der Waals surface area contributed by atoms with Gasteiger partial charge in [-0.15, -0.1) is 24.8 Å². The van der Waals surface area contributed by atoms with Crippen LogP contribution in [0.4, 0.5) is 5.69 Å². The maximum absolute atomic E-state index is 12.3. The Balaban J connectivity index is 0.00000312. The SMILES string of the molecule is COCC(N)C(=O)Nc1ccc(CC(=O)N2CCN(C)CC2)cc1.Cl.Cl. The van der Waals surface area contributed by atoms with Gasteiger partial charge in [-0.3, -0.25) is 9.59 Å². The lowest BCUT2D eigenvalue weighted by atomic mass is 10.1. The molecule has 1 heterocycles. The number of halogens is 2. The fraction of sp³-hybridized carbons (Fsp3) is 0.529. The van der Waals surface area contributed by atoms with E-state index in [1.807, 2.05) is 17.0 Å². The van der Waals surface area contributed by atoms with Gasteiger partial charge in [-0.1, -0.05) is 12.1 Å². The Hall–Kier alpha value is -1.38. The molecule has 9 heteroatoms. The van der Waals surface area contributed by atoms with Crippen molar-refractivity contribution in [2.75, 3.05) is 52.3 Å². The average molecular weight is 407 g/mol. The monoisotopic (exact) mass is 406 g/mol. The van der Waals surface area contributed by atoms with Crippen molar-refractivity contribution >= 4 is 42.3 Å². The molecule has 1 aliphatic rings. The van der Waals surface area contributed by atoms with E-state index in [1.54, 1.807) is 12.1 Å². The van der Waals surface area contributed by atoms with Gasteiger partial charge >= 0.3 is 0 Å². The number of methoxy groups -OCH3 is 1. The number of benzene rings is 1. The Morgan fingerprint density at radius 2 is 1.73 bits per heavy atom. The Labute approximate surface area is 167 Å². The summed E-state index contributed by atoms with van der Waals surface area (Å²) in [7, 11) is 3.56. The lowest BCUT2D eigenvalue weighted by Crippen LogP contribution is -2.47. The van der Waals surface area contributed by atoms with Gasteiger partial charge in [0.1, 0.15) is 6.04 Å². The third-order valence-electron chi connectivity index (χ3n) is 4.12. The zero-order chi connectivity index (χ0) is 17.5. The summed E-state index contributed by atoms with van der Waals surface area (Å²) in [5.41, 5.74) is 7.26. The molecule has 1 aromatic rings. The average Bonchev–Trinajstić information content (AvgIpc) is 2.57. The minimum absolute atomic E-state index is 0. The number of carbonyl (C=O) groups is 2. The third-order valence-corrected chi connectivity index (χ3v) is 4.12. The summed E-state index contributed by atoms with van der Waals surface area (Å²) in [6.45, 7) is 3.56. The predicted molar refractivity (Wildman–Crippen MR) is 107 cm³/mol. The van der Waals surface area contributed by atoms with Gasteiger partial charge < -0.3 is 25.6 Å². The van der Waals surface area contributed by atoms with E-state index in [9.17, 15) is 9.59 Å². The first-order valence-corrected chi connectivity index (χ1v) is 8.10. The van der Waals surface area contributed by atoms with Crippen LogP contribution in [-0.2, 0) is 20.7 Å². The Morgan fingerprint density at radius 1 is 1.15 bits per heavy atom. The highest BCUT2D eigenvalue weighted by Gasteiger charge is 2.19. The van der Waals surface area contributed by atoms with Crippen LogP contribution in [0.15, 0.2) is 24.3 Å². The Bertz CT molecular complexity index is 564. The Kier molecular flexibility index (Phi) is 11.4. The van der Waals surface area contributed by atoms with Crippen LogP contribution in [0.5, 0.6) is 0 Å². The molecule has 1 unspecified atom stereocenters. The van der Waals surface area contributed by atoms with Crippen molar-refractivity contribution in [3.05, 3.63) is 29.8 Å². The first-order valence-electron chi connectivity index (χ1n) is 8.10. The number of ether oxygens (including phenoxy) is 1. The number of piperazine rings is 1. The van der Waals surface area contributed by atoms with Crippen molar-refractivity contribution in [2.24, 2.45) is 5.73 Å². The fourth-order valence-corrected chi connectivity index (χ4v) is 2.54. The molecule has 7 nitrogen and oxygen atoms in total. The molecule has 0 bridgehead atoms. The summed E-state index contributed by atoms with van der Waals surface area (Å²) in [6, 6.07) is 6.57. The summed E-state index contributed by atoms with van der Waals surface area (Å²) in [5, 5.41) is 2.73. The topological polar surface area (TPSA) is 87.9 Å². The maximum Gasteiger partial charge on any atom is 0.243 e. The molecular formula is C17H28Cl2N4O3. The van der Waals surface area contributed by atoms with Crippen LogP contribution in [0.2, 0.25) is 0 Å². The standard InChI is InChI=1S/C17H26N4O3.2ClH/c1-20-7-9-21(10-8-20)16(22)11-13-3-5-14(6-4-13)19-17(23)15(18)12-24-2;;/h3-6,15H,7-12,18H2,1-2H3,(H,19,23);2*1H. The van der Waals surface area contributed by atoms with Gasteiger partial charge in [-0.05, 0) is 24.7 Å². The molecule has 2 rings (SSSR count). The highest BCUT2D eigenvalue weighted by Crippen LogP contribution is 2.12. The lowest BCUT2D eigenvalue weighted by Gasteiger charge is -2.32. The van der Waals surface area contributed by atoms with Gasteiger partial charge in [-0.2, -0.15) is 0 Å². The molecule has 1 atom stereocenters. The zero-order valence-corrected chi connectivity index (χ0v) is 16.8. The number of anilines is 1. The molecule has 1 saturated heterocycles. The summed E-state index contributed by atoms with van der Waals surface area (Å²) >= 11 is 0. The van der Waals surface area contributed by atoms with E-state index in [4.69, 9.17) is 10.5 Å². The van der Waals surface area contributed by atoms with E-state index >= 15 is 0 Å². The van der Waals surface area contributed by atoms with Crippen LogP contribution >= 0.6 is 24.8 Å². The molecule has 1 aliphatic heterocycles. The van der Waals surface area contributed by atoms with Crippen LogP contribution in [0.1, 0.15) is 5.56 Å². The first kappa shape index (κ1) is 24.6. The van der Waals surface area contributed by atoms with E-state index in [0.717, 1.165) is 31.7 Å². The van der Waals surface area contributed by atoms with E-state index in [-0.39, 0.29) is 43.2 Å². The molecule has 1 aromatic carbocycles. The smallest absolute Gasteiger partial charge is 0.243 e. The van der Waals surface area contributed by atoms with Gasteiger partial charge in [0.15, 0.2) is 0 Å². The fourth-order valence-electron chi connectivity index (χ4n) is 2.54. The molecule has 0 aliphatic carbocycles. The van der Waals surface area contributed by atoms with E-state index in [0.29, 0.717) is 12.1 Å². The Morgan fingerprint density at radius 3 is 2.27 bits per heavy atom. The highest BCUT2D eigenvalue weighted by molar-refractivity contribution is 5.94. The minimum Gasteiger partial charge on any atom is -0.383 e. The third kappa shape index (κ3) is 7.47. The van der Waals surface area contributed by atoms with Gasteiger partial charge in [0.05, 0.1) is 13.0 Å². The van der Waals surface area contributed by atoms with Gasteiger partial charge in [0, 0.05) is 39.0 Å².